The molecule has 9 heteroatoms. The normalized spacial score (nSPS) is 26.2. The van der Waals surface area contributed by atoms with Gasteiger partial charge in [0.1, 0.15) is 25.4 Å². The second-order valence-corrected chi connectivity index (χ2v) is 5.36. The molecular weight excluding hydrogens is 324 g/mol. The van der Waals surface area contributed by atoms with Gasteiger partial charge in [-0.15, -0.1) is 0 Å². The van der Waals surface area contributed by atoms with Crippen LogP contribution in [0.3, 0.4) is 0 Å². The number of carbonyl (C=O) groups excluding carboxylic acids is 4. The van der Waals surface area contributed by atoms with Crippen LogP contribution in [0.1, 0.15) is 34.1 Å². The summed E-state index contributed by atoms with van der Waals surface area (Å²) in [6, 6.07) is 0. The average molecular weight is 346 g/mol. The molecular formula is C15H22O9. The summed E-state index contributed by atoms with van der Waals surface area (Å²) in [7, 11) is 0. The van der Waals surface area contributed by atoms with Crippen LogP contribution < -0.4 is 0 Å². The molecule has 0 aromatic carbocycles. The van der Waals surface area contributed by atoms with E-state index in [1.165, 1.54) is 27.7 Å². The van der Waals surface area contributed by atoms with E-state index in [0.717, 1.165) is 0 Å². The fourth-order valence-corrected chi connectivity index (χ4v) is 2.34. The van der Waals surface area contributed by atoms with Crippen LogP contribution in [-0.4, -0.2) is 61.5 Å². The Morgan fingerprint density at radius 1 is 0.833 bits per heavy atom. The van der Waals surface area contributed by atoms with Crippen molar-refractivity contribution in [2.45, 2.75) is 58.5 Å². The Morgan fingerprint density at radius 3 is 1.88 bits per heavy atom. The first-order chi connectivity index (χ1) is 11.2. The Labute approximate surface area is 139 Å². The Morgan fingerprint density at radius 2 is 1.38 bits per heavy atom. The molecule has 9 nitrogen and oxygen atoms in total. The smallest absolute Gasteiger partial charge is 0.303 e. The summed E-state index contributed by atoms with van der Waals surface area (Å²) in [6.45, 7) is 4.66. The van der Waals surface area contributed by atoms with Crippen LogP contribution in [0.4, 0.5) is 0 Å². The highest BCUT2D eigenvalue weighted by molar-refractivity contribution is 5.68. The molecule has 0 bridgehead atoms. The van der Waals surface area contributed by atoms with Gasteiger partial charge in [0.2, 0.25) is 0 Å². The van der Waals surface area contributed by atoms with Crippen LogP contribution in [0.25, 0.3) is 0 Å². The Kier molecular flexibility index (Phi) is 7.63. The third kappa shape index (κ3) is 6.95. The van der Waals surface area contributed by atoms with Crippen molar-refractivity contribution in [1.82, 2.24) is 0 Å². The summed E-state index contributed by atoms with van der Waals surface area (Å²) in [4.78, 5) is 44.6. The highest BCUT2D eigenvalue weighted by atomic mass is 16.6. The number of carbonyl (C=O) groups is 4. The molecule has 1 fully saturated rings. The molecule has 1 heterocycles. The predicted octanol–water partition coefficient (Wildman–Crippen LogP) is 0.134. The van der Waals surface area contributed by atoms with Gasteiger partial charge in [-0.3, -0.25) is 19.2 Å². The van der Waals surface area contributed by atoms with E-state index in [4.69, 9.17) is 23.7 Å². The zero-order chi connectivity index (χ0) is 18.3. The van der Waals surface area contributed by atoms with Crippen molar-refractivity contribution in [1.29, 1.82) is 0 Å². The summed E-state index contributed by atoms with van der Waals surface area (Å²) in [6.07, 6.45) is -3.01. The quantitative estimate of drug-likeness (QED) is 0.489. The molecule has 1 aliphatic rings. The summed E-state index contributed by atoms with van der Waals surface area (Å²) in [5, 5.41) is 0. The molecule has 1 aliphatic heterocycles. The minimum absolute atomic E-state index is 0.0591. The number of hydrogen-bond donors (Lipinski definition) is 0. The van der Waals surface area contributed by atoms with Crippen LogP contribution in [-0.2, 0) is 42.9 Å². The van der Waals surface area contributed by atoms with Crippen molar-refractivity contribution >= 4 is 23.9 Å². The van der Waals surface area contributed by atoms with E-state index < -0.39 is 48.3 Å². The van der Waals surface area contributed by atoms with Gasteiger partial charge >= 0.3 is 23.9 Å². The van der Waals surface area contributed by atoms with Crippen molar-refractivity contribution in [3.8, 4) is 0 Å². The van der Waals surface area contributed by atoms with Gasteiger partial charge in [-0.05, 0) is 0 Å². The molecule has 0 aromatic heterocycles. The van der Waals surface area contributed by atoms with Crippen LogP contribution in [0.2, 0.25) is 0 Å². The predicted molar refractivity (Wildman–Crippen MR) is 77.7 cm³/mol. The van der Waals surface area contributed by atoms with Crippen molar-refractivity contribution in [3.05, 3.63) is 0 Å². The second kappa shape index (κ2) is 9.21. The van der Waals surface area contributed by atoms with Gasteiger partial charge in [0.15, 0.2) is 6.10 Å². The van der Waals surface area contributed by atoms with Gasteiger partial charge in [0.25, 0.3) is 0 Å². The molecule has 0 N–H and O–H groups in total. The Bertz CT molecular complexity index is 487. The number of rotatable bonds is 6. The zero-order valence-corrected chi connectivity index (χ0v) is 14.1. The maximum absolute atomic E-state index is 11.3. The molecule has 0 aromatic rings. The molecule has 1 saturated heterocycles. The fourth-order valence-electron chi connectivity index (χ4n) is 2.34. The first kappa shape index (κ1) is 19.9. The van der Waals surface area contributed by atoms with Crippen LogP contribution in [0, 0.1) is 0 Å². The maximum Gasteiger partial charge on any atom is 0.303 e. The minimum atomic E-state index is -0.931. The van der Waals surface area contributed by atoms with Gasteiger partial charge in [-0.2, -0.15) is 0 Å². The molecule has 4 atom stereocenters. The lowest BCUT2D eigenvalue weighted by Gasteiger charge is -2.39. The molecule has 1 rings (SSSR count). The average Bonchev–Trinajstić information content (AvgIpc) is 2.44. The third-order valence-electron chi connectivity index (χ3n) is 3.14. The molecule has 4 unspecified atom stereocenters. The van der Waals surface area contributed by atoms with Crippen LogP contribution in [0.15, 0.2) is 0 Å². The Balaban J connectivity index is 2.90. The molecule has 0 aliphatic carbocycles. The molecule has 24 heavy (non-hydrogen) atoms. The third-order valence-corrected chi connectivity index (χ3v) is 3.14. The monoisotopic (exact) mass is 346 g/mol. The zero-order valence-electron chi connectivity index (χ0n) is 14.1. The van der Waals surface area contributed by atoms with E-state index in [2.05, 4.69) is 0 Å². The molecule has 0 spiro atoms. The highest BCUT2D eigenvalue weighted by Gasteiger charge is 2.43. The lowest BCUT2D eigenvalue weighted by molar-refractivity contribution is -0.220. The van der Waals surface area contributed by atoms with Gasteiger partial charge < -0.3 is 23.7 Å². The topological polar surface area (TPSA) is 114 Å². The molecule has 0 saturated carbocycles. The minimum Gasteiger partial charge on any atom is -0.463 e. The van der Waals surface area contributed by atoms with Gasteiger partial charge in [0, 0.05) is 34.1 Å². The van der Waals surface area contributed by atoms with Crippen LogP contribution in [0.5, 0.6) is 0 Å². The fraction of sp³-hybridized carbons (Fsp3) is 0.733. The number of ether oxygens (including phenoxy) is 5. The van der Waals surface area contributed by atoms with Gasteiger partial charge in [-0.25, -0.2) is 0 Å². The van der Waals surface area contributed by atoms with E-state index in [-0.39, 0.29) is 19.6 Å². The maximum atomic E-state index is 11.3. The SMILES string of the molecule is CC(=O)OCC1CC(OC(C)=O)C(OC(C)=O)C(COC(C)=O)O1. The first-order valence-corrected chi connectivity index (χ1v) is 7.45. The van der Waals surface area contributed by atoms with Crippen molar-refractivity contribution in [3.63, 3.8) is 0 Å². The van der Waals surface area contributed by atoms with Crippen LogP contribution >= 0.6 is 0 Å². The van der Waals surface area contributed by atoms with E-state index in [0.29, 0.717) is 0 Å². The molecule has 0 radical (unpaired) electrons. The standard InChI is InChI=1S/C15H22O9/c1-8(16)20-6-12-5-13(22-10(3)18)15(23-11(4)19)14(24-12)7-21-9(2)17/h12-15H,5-7H2,1-4H3. The van der Waals surface area contributed by atoms with Crippen molar-refractivity contribution in [2.75, 3.05) is 13.2 Å². The van der Waals surface area contributed by atoms with E-state index in [9.17, 15) is 19.2 Å². The lowest BCUT2D eigenvalue weighted by Crippen LogP contribution is -2.54. The largest absolute Gasteiger partial charge is 0.463 e. The van der Waals surface area contributed by atoms with E-state index in [1.807, 2.05) is 0 Å². The lowest BCUT2D eigenvalue weighted by atomic mass is 9.97. The van der Waals surface area contributed by atoms with Gasteiger partial charge in [-0.1, -0.05) is 0 Å². The summed E-state index contributed by atoms with van der Waals surface area (Å²) < 4.78 is 25.9. The van der Waals surface area contributed by atoms with E-state index in [1.54, 1.807) is 0 Å². The summed E-state index contributed by atoms with van der Waals surface area (Å²) in [5.41, 5.74) is 0. The number of esters is 4. The molecule has 0 amide bonds. The summed E-state index contributed by atoms with van der Waals surface area (Å²) >= 11 is 0. The van der Waals surface area contributed by atoms with Crippen molar-refractivity contribution < 1.29 is 42.9 Å². The second-order valence-electron chi connectivity index (χ2n) is 5.36. The Hall–Kier alpha value is -2.16. The van der Waals surface area contributed by atoms with Gasteiger partial charge in [0.05, 0.1) is 6.10 Å². The number of hydrogen-bond acceptors (Lipinski definition) is 9. The van der Waals surface area contributed by atoms with Crippen molar-refractivity contribution in [2.24, 2.45) is 0 Å². The van der Waals surface area contributed by atoms with E-state index >= 15 is 0 Å². The first-order valence-electron chi connectivity index (χ1n) is 7.45. The molecule has 136 valence electrons. The summed E-state index contributed by atoms with van der Waals surface area (Å²) in [5.74, 6) is -2.17. The highest BCUT2D eigenvalue weighted by Crippen LogP contribution is 2.26.